The summed E-state index contributed by atoms with van der Waals surface area (Å²) >= 11 is 6.17. The molecule has 0 saturated carbocycles. The summed E-state index contributed by atoms with van der Waals surface area (Å²) in [6.07, 6.45) is 0.905. The molecule has 2 amide bonds. The monoisotopic (exact) mass is 423 g/mol. The van der Waals surface area contributed by atoms with E-state index in [-0.39, 0.29) is 11.8 Å². The average Bonchev–Trinajstić information content (AvgIpc) is 3.14. The van der Waals surface area contributed by atoms with E-state index in [9.17, 15) is 9.59 Å². The first kappa shape index (κ1) is 19.1. The van der Waals surface area contributed by atoms with Crippen LogP contribution in [0.2, 0.25) is 5.02 Å². The molecule has 1 fully saturated rings. The quantitative estimate of drug-likeness (QED) is 0.636. The van der Waals surface area contributed by atoms with Crippen molar-refractivity contribution in [1.82, 2.24) is 14.9 Å². The van der Waals surface area contributed by atoms with Gasteiger partial charge in [0.15, 0.2) is 0 Å². The second kappa shape index (κ2) is 7.11. The van der Waals surface area contributed by atoms with E-state index in [0.29, 0.717) is 44.0 Å². The van der Waals surface area contributed by atoms with Gasteiger partial charge in [-0.25, -0.2) is 4.98 Å². The number of hydrogen-bond donors (Lipinski definition) is 2. The van der Waals surface area contributed by atoms with Crippen molar-refractivity contribution in [2.45, 2.75) is 31.3 Å². The molecule has 1 aromatic heterocycles. The lowest BCUT2D eigenvalue weighted by atomic mass is 9.76. The Kier molecular flexibility index (Phi) is 4.52. The number of benzene rings is 2. The largest absolute Gasteiger partial charge is 0.370 e. The molecular formula is C22H22ClN5O2. The van der Waals surface area contributed by atoms with Crippen LogP contribution in [-0.2, 0) is 28.1 Å². The number of carbonyl (C=O) groups excluding carboxylic acids is 2. The topological polar surface area (TPSA) is 93.3 Å². The van der Waals surface area contributed by atoms with Gasteiger partial charge in [-0.1, -0.05) is 29.8 Å². The minimum Gasteiger partial charge on any atom is -0.370 e. The first-order chi connectivity index (χ1) is 14.5. The van der Waals surface area contributed by atoms with Crippen molar-refractivity contribution in [3.8, 4) is 0 Å². The summed E-state index contributed by atoms with van der Waals surface area (Å²) in [5.74, 6) is 0.549. The number of anilines is 1. The molecule has 2 aliphatic rings. The number of primary amides is 1. The third-order valence-electron chi connectivity index (χ3n) is 6.11. The first-order valence-corrected chi connectivity index (χ1v) is 10.4. The number of hydrogen-bond acceptors (Lipinski definition) is 4. The highest BCUT2D eigenvalue weighted by atomic mass is 35.5. The van der Waals surface area contributed by atoms with E-state index < -0.39 is 5.41 Å². The van der Waals surface area contributed by atoms with Crippen molar-refractivity contribution < 1.29 is 9.59 Å². The Morgan fingerprint density at radius 1 is 1.23 bits per heavy atom. The standard InChI is InChI=1S/C22H22ClN5O2/c23-14-7-8-18-16(10-14)26-20(27(18)9-3-6-19(24)29)11-28-17-5-2-1-4-15(17)22(21(28)30)12-25-13-22/h1-2,4-5,7-8,10,25H,3,6,9,11-13H2,(H2,24,29). The van der Waals surface area contributed by atoms with Gasteiger partial charge in [0, 0.05) is 36.8 Å². The number of imidazole rings is 1. The first-order valence-electron chi connectivity index (χ1n) is 10.0. The molecule has 0 atom stereocenters. The zero-order valence-corrected chi connectivity index (χ0v) is 17.2. The molecule has 2 aliphatic heterocycles. The molecule has 0 aliphatic carbocycles. The second-order valence-corrected chi connectivity index (χ2v) is 8.41. The summed E-state index contributed by atoms with van der Waals surface area (Å²) in [7, 11) is 0. The van der Waals surface area contributed by atoms with E-state index in [1.165, 1.54) is 0 Å². The highest BCUT2D eigenvalue weighted by Gasteiger charge is 2.54. The Balaban J connectivity index is 1.53. The third-order valence-corrected chi connectivity index (χ3v) is 6.35. The van der Waals surface area contributed by atoms with Crippen LogP contribution in [-0.4, -0.2) is 34.5 Å². The highest BCUT2D eigenvalue weighted by molar-refractivity contribution is 6.31. The third kappa shape index (κ3) is 2.88. The Morgan fingerprint density at radius 3 is 2.77 bits per heavy atom. The zero-order valence-electron chi connectivity index (χ0n) is 16.4. The zero-order chi connectivity index (χ0) is 20.9. The van der Waals surface area contributed by atoms with Crippen LogP contribution in [0.3, 0.4) is 0 Å². The lowest BCUT2D eigenvalue weighted by molar-refractivity contribution is -0.125. The summed E-state index contributed by atoms with van der Waals surface area (Å²) < 4.78 is 2.06. The predicted molar refractivity (Wildman–Crippen MR) is 115 cm³/mol. The molecule has 30 heavy (non-hydrogen) atoms. The molecule has 3 aromatic rings. The van der Waals surface area contributed by atoms with Gasteiger partial charge in [-0.3, -0.25) is 9.59 Å². The van der Waals surface area contributed by atoms with E-state index in [4.69, 9.17) is 22.3 Å². The molecule has 2 aromatic carbocycles. The van der Waals surface area contributed by atoms with Crippen molar-refractivity contribution in [2.75, 3.05) is 18.0 Å². The Morgan fingerprint density at radius 2 is 2.03 bits per heavy atom. The van der Waals surface area contributed by atoms with Crippen LogP contribution in [0, 0.1) is 0 Å². The number of fused-ring (bicyclic) bond motifs is 3. The Hall–Kier alpha value is -2.90. The van der Waals surface area contributed by atoms with Crippen molar-refractivity contribution >= 4 is 40.1 Å². The van der Waals surface area contributed by atoms with Crippen molar-refractivity contribution in [3.63, 3.8) is 0 Å². The van der Waals surface area contributed by atoms with E-state index in [1.54, 1.807) is 0 Å². The number of aryl methyl sites for hydroxylation is 1. The summed E-state index contributed by atoms with van der Waals surface area (Å²) in [5, 5.41) is 3.86. The van der Waals surface area contributed by atoms with Gasteiger partial charge in [0.05, 0.1) is 17.6 Å². The minimum absolute atomic E-state index is 0.108. The van der Waals surface area contributed by atoms with Crippen LogP contribution in [0.25, 0.3) is 11.0 Å². The van der Waals surface area contributed by atoms with Gasteiger partial charge in [0.25, 0.3) is 0 Å². The van der Waals surface area contributed by atoms with Crippen LogP contribution in [0.5, 0.6) is 0 Å². The number of para-hydroxylation sites is 1. The fraction of sp³-hybridized carbons (Fsp3) is 0.318. The van der Waals surface area contributed by atoms with E-state index in [1.807, 2.05) is 47.4 Å². The van der Waals surface area contributed by atoms with Crippen LogP contribution in [0.1, 0.15) is 24.2 Å². The number of nitrogens with zero attached hydrogens (tertiary/aromatic N) is 3. The maximum atomic E-state index is 13.4. The molecule has 3 N–H and O–H groups in total. The van der Waals surface area contributed by atoms with Gasteiger partial charge in [-0.15, -0.1) is 0 Å². The maximum Gasteiger partial charge on any atom is 0.240 e. The van der Waals surface area contributed by atoms with Gasteiger partial charge in [-0.2, -0.15) is 0 Å². The van der Waals surface area contributed by atoms with E-state index in [0.717, 1.165) is 28.1 Å². The smallest absolute Gasteiger partial charge is 0.240 e. The number of nitrogens with two attached hydrogens (primary N) is 1. The predicted octanol–water partition coefficient (Wildman–Crippen LogP) is 2.34. The Labute approximate surface area is 178 Å². The SMILES string of the molecule is NC(=O)CCCn1c(CN2C(=O)C3(CNC3)c3ccccc32)nc2cc(Cl)ccc21. The van der Waals surface area contributed by atoms with Crippen molar-refractivity contribution in [2.24, 2.45) is 5.73 Å². The van der Waals surface area contributed by atoms with Gasteiger partial charge in [-0.05, 0) is 36.2 Å². The van der Waals surface area contributed by atoms with Crippen LogP contribution >= 0.6 is 11.6 Å². The molecule has 0 bridgehead atoms. The molecular weight excluding hydrogens is 402 g/mol. The fourth-order valence-electron chi connectivity index (χ4n) is 4.55. The van der Waals surface area contributed by atoms with Crippen molar-refractivity contribution in [3.05, 3.63) is 58.9 Å². The highest BCUT2D eigenvalue weighted by Crippen LogP contribution is 2.44. The number of nitrogens with one attached hydrogen (secondary N) is 1. The van der Waals surface area contributed by atoms with Gasteiger partial charge >= 0.3 is 0 Å². The van der Waals surface area contributed by atoms with Crippen LogP contribution < -0.4 is 16.0 Å². The molecule has 7 nitrogen and oxygen atoms in total. The number of carbonyl (C=O) groups is 2. The molecule has 1 spiro atoms. The van der Waals surface area contributed by atoms with Gasteiger partial charge in [0.1, 0.15) is 11.2 Å². The van der Waals surface area contributed by atoms with E-state index >= 15 is 0 Å². The Bertz CT molecular complexity index is 1170. The summed E-state index contributed by atoms with van der Waals surface area (Å²) in [5.41, 5.74) is 8.57. The second-order valence-electron chi connectivity index (χ2n) is 7.98. The molecule has 8 heteroatoms. The number of halogens is 1. The number of amides is 2. The normalized spacial score (nSPS) is 16.8. The number of aromatic nitrogens is 2. The van der Waals surface area contributed by atoms with Crippen molar-refractivity contribution in [1.29, 1.82) is 0 Å². The molecule has 154 valence electrons. The molecule has 1 saturated heterocycles. The summed E-state index contributed by atoms with van der Waals surface area (Å²) in [6, 6.07) is 13.6. The molecule has 0 unspecified atom stereocenters. The lowest BCUT2D eigenvalue weighted by Gasteiger charge is -2.38. The van der Waals surface area contributed by atoms with E-state index in [2.05, 4.69) is 9.88 Å². The van der Waals surface area contributed by atoms with Gasteiger partial charge in [0.2, 0.25) is 11.8 Å². The minimum atomic E-state index is -0.470. The maximum absolute atomic E-state index is 13.4. The van der Waals surface area contributed by atoms with Crippen LogP contribution in [0.15, 0.2) is 42.5 Å². The molecule has 3 heterocycles. The fourth-order valence-corrected chi connectivity index (χ4v) is 4.71. The molecule has 0 radical (unpaired) electrons. The molecule has 5 rings (SSSR count). The lowest BCUT2D eigenvalue weighted by Crippen LogP contribution is -2.61. The summed E-state index contributed by atoms with van der Waals surface area (Å²) in [6.45, 7) is 2.27. The summed E-state index contributed by atoms with van der Waals surface area (Å²) in [4.78, 5) is 31.3. The van der Waals surface area contributed by atoms with Gasteiger partial charge < -0.3 is 20.5 Å². The number of rotatable bonds is 6. The average molecular weight is 424 g/mol. The van der Waals surface area contributed by atoms with Crippen LogP contribution in [0.4, 0.5) is 5.69 Å².